The minimum absolute atomic E-state index is 0.0730. The number of benzene rings is 2. The number of carbonyl (C=O) groups excluding carboxylic acids is 2. The van der Waals surface area contributed by atoms with Crippen molar-refractivity contribution in [2.45, 2.75) is 0 Å². The van der Waals surface area contributed by atoms with Gasteiger partial charge in [0.1, 0.15) is 17.4 Å². The molecule has 0 heterocycles. The van der Waals surface area contributed by atoms with Crippen molar-refractivity contribution in [2.75, 3.05) is 34.5 Å². The second kappa shape index (κ2) is 11.2. The molecule has 0 aliphatic carbocycles. The number of carbonyl (C=O) groups is 2. The Morgan fingerprint density at radius 1 is 1.03 bits per heavy atom. The summed E-state index contributed by atoms with van der Waals surface area (Å²) in [6.07, 6.45) is 1.42. The zero-order chi connectivity index (χ0) is 21.9. The molecular formula is C22H22N2O6. The van der Waals surface area contributed by atoms with E-state index in [1.54, 1.807) is 36.4 Å². The van der Waals surface area contributed by atoms with Crippen LogP contribution in [0.5, 0.6) is 17.2 Å². The Kier molecular flexibility index (Phi) is 8.41. The Hall–Kier alpha value is -3.83. The van der Waals surface area contributed by atoms with Crippen molar-refractivity contribution >= 4 is 18.0 Å². The van der Waals surface area contributed by atoms with E-state index < -0.39 is 11.9 Å². The van der Waals surface area contributed by atoms with Gasteiger partial charge in [-0.25, -0.2) is 4.79 Å². The van der Waals surface area contributed by atoms with Crippen molar-refractivity contribution in [1.29, 1.82) is 5.26 Å². The topological polar surface area (TPSA) is 107 Å². The molecule has 0 bridgehead atoms. The number of amides is 1. The highest BCUT2D eigenvalue weighted by Gasteiger charge is 2.14. The van der Waals surface area contributed by atoms with Gasteiger partial charge in [-0.1, -0.05) is 6.07 Å². The number of ether oxygens (including phenoxy) is 4. The lowest BCUT2D eigenvalue weighted by Gasteiger charge is -2.10. The Balaban J connectivity index is 2.17. The predicted octanol–water partition coefficient (Wildman–Crippen LogP) is 2.59. The first-order chi connectivity index (χ1) is 14.5. The van der Waals surface area contributed by atoms with Crippen molar-refractivity contribution in [1.82, 2.24) is 5.32 Å². The number of nitrogens with one attached hydrogen (secondary N) is 1. The molecule has 156 valence electrons. The van der Waals surface area contributed by atoms with Crippen molar-refractivity contribution in [2.24, 2.45) is 0 Å². The van der Waals surface area contributed by atoms with E-state index in [9.17, 15) is 14.9 Å². The maximum Gasteiger partial charge on any atom is 0.343 e. The third-order valence-electron chi connectivity index (χ3n) is 3.98. The molecule has 0 aliphatic heterocycles. The number of rotatable bonds is 9. The minimum Gasteiger partial charge on any atom is -0.497 e. The van der Waals surface area contributed by atoms with Gasteiger partial charge in [-0.2, -0.15) is 5.26 Å². The van der Waals surface area contributed by atoms with Gasteiger partial charge in [0, 0.05) is 13.7 Å². The van der Waals surface area contributed by atoms with Gasteiger partial charge in [0.15, 0.2) is 11.5 Å². The van der Waals surface area contributed by atoms with E-state index in [2.05, 4.69) is 5.32 Å². The molecule has 0 atom stereocenters. The number of esters is 1. The summed E-state index contributed by atoms with van der Waals surface area (Å²) in [5.41, 5.74) is 0.812. The average Bonchev–Trinajstić information content (AvgIpc) is 2.78. The second-order valence-corrected chi connectivity index (χ2v) is 5.95. The molecule has 0 radical (unpaired) electrons. The fourth-order valence-electron chi connectivity index (χ4n) is 2.42. The lowest BCUT2D eigenvalue weighted by Crippen LogP contribution is -2.27. The summed E-state index contributed by atoms with van der Waals surface area (Å²) in [6, 6.07) is 13.1. The van der Waals surface area contributed by atoms with Crippen molar-refractivity contribution in [3.8, 4) is 23.3 Å². The Labute approximate surface area is 174 Å². The van der Waals surface area contributed by atoms with Gasteiger partial charge in [0.2, 0.25) is 0 Å². The summed E-state index contributed by atoms with van der Waals surface area (Å²) in [5.74, 6) is 0.0408. The van der Waals surface area contributed by atoms with Crippen LogP contribution in [0.1, 0.15) is 15.9 Å². The van der Waals surface area contributed by atoms with Gasteiger partial charge in [0.05, 0.1) is 26.4 Å². The summed E-state index contributed by atoms with van der Waals surface area (Å²) in [4.78, 5) is 24.4. The third kappa shape index (κ3) is 6.09. The largest absolute Gasteiger partial charge is 0.497 e. The molecule has 0 saturated carbocycles. The van der Waals surface area contributed by atoms with Crippen LogP contribution < -0.4 is 19.5 Å². The van der Waals surface area contributed by atoms with E-state index in [1.807, 2.05) is 6.07 Å². The zero-order valence-electron chi connectivity index (χ0n) is 16.9. The van der Waals surface area contributed by atoms with Crippen molar-refractivity contribution < 1.29 is 28.5 Å². The molecule has 0 aliphatic rings. The lowest BCUT2D eigenvalue weighted by molar-refractivity contribution is -0.117. The molecule has 2 aromatic carbocycles. The molecule has 8 heteroatoms. The summed E-state index contributed by atoms with van der Waals surface area (Å²) in [6.45, 7) is 0.629. The third-order valence-corrected chi connectivity index (χ3v) is 3.98. The molecule has 0 aromatic heterocycles. The SMILES string of the molecule is COCCNC(=O)/C(C#N)=C/c1ccc(OC(=O)c2ccc(OC)cc2)c(OC)c1. The fraction of sp³-hybridized carbons (Fsp3) is 0.227. The zero-order valence-corrected chi connectivity index (χ0v) is 16.9. The minimum atomic E-state index is -0.561. The summed E-state index contributed by atoms with van der Waals surface area (Å²) >= 11 is 0. The quantitative estimate of drug-likeness (QED) is 0.223. The van der Waals surface area contributed by atoms with Gasteiger partial charge in [-0.15, -0.1) is 0 Å². The van der Waals surface area contributed by atoms with Crippen molar-refractivity contribution in [3.05, 3.63) is 59.2 Å². The second-order valence-electron chi connectivity index (χ2n) is 5.95. The Bertz CT molecular complexity index is 961. The molecule has 1 amide bonds. The van der Waals surface area contributed by atoms with E-state index >= 15 is 0 Å². The van der Waals surface area contributed by atoms with E-state index in [0.29, 0.717) is 23.5 Å². The molecule has 2 rings (SSSR count). The average molecular weight is 410 g/mol. The maximum atomic E-state index is 12.4. The van der Waals surface area contributed by atoms with Gasteiger partial charge in [0.25, 0.3) is 5.91 Å². The van der Waals surface area contributed by atoms with Crippen LogP contribution in [0.25, 0.3) is 6.08 Å². The summed E-state index contributed by atoms with van der Waals surface area (Å²) < 4.78 is 20.6. The van der Waals surface area contributed by atoms with E-state index in [4.69, 9.17) is 18.9 Å². The van der Waals surface area contributed by atoms with Crippen LogP contribution in [0.15, 0.2) is 48.0 Å². The highest BCUT2D eigenvalue weighted by atomic mass is 16.6. The first-order valence-electron chi connectivity index (χ1n) is 8.95. The van der Waals surface area contributed by atoms with Crippen LogP contribution in [-0.2, 0) is 9.53 Å². The molecule has 0 saturated heterocycles. The van der Waals surface area contributed by atoms with E-state index in [-0.39, 0.29) is 23.6 Å². The monoisotopic (exact) mass is 410 g/mol. The Morgan fingerprint density at radius 2 is 1.77 bits per heavy atom. The van der Waals surface area contributed by atoms with Crippen LogP contribution in [0.3, 0.4) is 0 Å². The molecule has 0 spiro atoms. The highest BCUT2D eigenvalue weighted by Crippen LogP contribution is 2.30. The molecule has 0 unspecified atom stereocenters. The molecule has 0 fully saturated rings. The van der Waals surface area contributed by atoms with E-state index in [1.165, 1.54) is 33.5 Å². The van der Waals surface area contributed by atoms with Gasteiger partial charge in [-0.3, -0.25) is 4.79 Å². The van der Waals surface area contributed by atoms with Crippen LogP contribution in [-0.4, -0.2) is 46.4 Å². The number of nitrogens with zero attached hydrogens (tertiary/aromatic N) is 1. The number of hydrogen-bond acceptors (Lipinski definition) is 7. The predicted molar refractivity (Wildman–Crippen MR) is 109 cm³/mol. The number of hydrogen-bond donors (Lipinski definition) is 1. The van der Waals surface area contributed by atoms with Gasteiger partial charge >= 0.3 is 5.97 Å². The smallest absolute Gasteiger partial charge is 0.343 e. The van der Waals surface area contributed by atoms with Crippen LogP contribution in [0, 0.1) is 11.3 Å². The summed E-state index contributed by atoms with van der Waals surface area (Å²) in [7, 11) is 4.48. The lowest BCUT2D eigenvalue weighted by atomic mass is 10.1. The molecular weight excluding hydrogens is 388 g/mol. The first-order valence-corrected chi connectivity index (χ1v) is 8.95. The molecule has 1 N–H and O–H groups in total. The highest BCUT2D eigenvalue weighted by molar-refractivity contribution is 6.01. The molecule has 30 heavy (non-hydrogen) atoms. The summed E-state index contributed by atoms with van der Waals surface area (Å²) in [5, 5.41) is 11.8. The van der Waals surface area contributed by atoms with Crippen LogP contribution in [0.2, 0.25) is 0 Å². The van der Waals surface area contributed by atoms with Gasteiger partial charge < -0.3 is 24.3 Å². The van der Waals surface area contributed by atoms with Crippen molar-refractivity contribution in [3.63, 3.8) is 0 Å². The number of nitriles is 1. The van der Waals surface area contributed by atoms with E-state index in [0.717, 1.165) is 0 Å². The van der Waals surface area contributed by atoms with Crippen LogP contribution in [0.4, 0.5) is 0 Å². The molecule has 2 aromatic rings. The van der Waals surface area contributed by atoms with Gasteiger partial charge in [-0.05, 0) is 48.0 Å². The fourth-order valence-corrected chi connectivity index (χ4v) is 2.42. The normalized spacial score (nSPS) is 10.7. The first kappa shape index (κ1) is 22.5. The standard InChI is InChI=1S/C22H22N2O6/c1-27-11-10-24-21(25)17(14-23)12-15-4-9-19(20(13-15)29-3)30-22(26)16-5-7-18(28-2)8-6-16/h4-9,12-13H,10-11H2,1-3H3,(H,24,25)/b17-12+. The Morgan fingerprint density at radius 3 is 2.37 bits per heavy atom. The maximum absolute atomic E-state index is 12.4. The number of methoxy groups -OCH3 is 3. The molecule has 8 nitrogen and oxygen atoms in total. The van der Waals surface area contributed by atoms with Crippen LogP contribution >= 0.6 is 0 Å².